The molecular formula is C13H15NO4. The Hall–Kier alpha value is -2.04. The van der Waals surface area contributed by atoms with Crippen LogP contribution in [0.5, 0.6) is 5.75 Å². The molecule has 0 spiro atoms. The Balaban J connectivity index is 2.46. The van der Waals surface area contributed by atoms with Crippen LogP contribution in [0, 0.1) is 0 Å². The van der Waals surface area contributed by atoms with E-state index in [4.69, 9.17) is 4.74 Å². The molecule has 2 rings (SSSR count). The van der Waals surface area contributed by atoms with Crippen LogP contribution in [0.1, 0.15) is 24.1 Å². The molecule has 0 bridgehead atoms. The summed E-state index contributed by atoms with van der Waals surface area (Å²) in [6.07, 6.45) is 0.649. The molecule has 0 fully saturated rings. The number of nitrogens with zero attached hydrogens (tertiary/aromatic N) is 1. The van der Waals surface area contributed by atoms with Crippen molar-refractivity contribution in [3.8, 4) is 5.75 Å². The zero-order chi connectivity index (χ0) is 13.3. The minimum Gasteiger partial charge on any atom is -0.497 e. The molecule has 1 atom stereocenters. The van der Waals surface area contributed by atoms with Gasteiger partial charge in [-0.15, -0.1) is 0 Å². The molecule has 1 unspecified atom stereocenters. The number of carbonyl (C=O) groups excluding carboxylic acids is 1. The Kier molecular flexibility index (Phi) is 3.23. The topological polar surface area (TPSA) is 66.8 Å². The first-order chi connectivity index (χ1) is 8.54. The van der Waals surface area contributed by atoms with E-state index in [-0.39, 0.29) is 5.91 Å². The minimum atomic E-state index is -1.00. The Morgan fingerprint density at radius 1 is 1.44 bits per heavy atom. The number of amides is 1. The quantitative estimate of drug-likeness (QED) is 0.856. The smallest absolute Gasteiger partial charge is 0.331 e. The zero-order valence-electron chi connectivity index (χ0n) is 10.3. The van der Waals surface area contributed by atoms with Gasteiger partial charge >= 0.3 is 5.97 Å². The molecule has 5 heteroatoms. The lowest BCUT2D eigenvalue weighted by Gasteiger charge is -2.34. The summed E-state index contributed by atoms with van der Waals surface area (Å²) in [4.78, 5) is 24.2. The molecular weight excluding hydrogens is 234 g/mol. The Bertz CT molecular complexity index is 498. The number of carbonyl (C=O) groups is 2. The molecule has 0 saturated heterocycles. The van der Waals surface area contributed by atoms with E-state index in [2.05, 4.69) is 0 Å². The van der Waals surface area contributed by atoms with Gasteiger partial charge in [0, 0.05) is 13.5 Å². The van der Waals surface area contributed by atoms with Crippen LogP contribution in [0.3, 0.4) is 0 Å². The highest BCUT2D eigenvalue weighted by atomic mass is 16.5. The number of carboxylic acids is 1. The van der Waals surface area contributed by atoms with E-state index in [0.29, 0.717) is 24.3 Å². The second-order valence-electron chi connectivity index (χ2n) is 4.27. The highest BCUT2D eigenvalue weighted by Crippen LogP contribution is 2.32. The maximum absolute atomic E-state index is 11.5. The summed E-state index contributed by atoms with van der Waals surface area (Å²) in [5.41, 5.74) is 1.60. The first kappa shape index (κ1) is 12.4. The third kappa shape index (κ3) is 2.03. The van der Waals surface area contributed by atoms with Gasteiger partial charge < -0.3 is 14.7 Å². The van der Waals surface area contributed by atoms with Crippen molar-refractivity contribution in [1.29, 1.82) is 0 Å². The van der Waals surface area contributed by atoms with Gasteiger partial charge in [-0.25, -0.2) is 4.79 Å². The van der Waals surface area contributed by atoms with Crippen molar-refractivity contribution in [1.82, 2.24) is 4.90 Å². The standard InChI is InChI=1S/C13H15NO4/c1-8(15)14-6-5-9-7-10(18-2)3-4-11(9)12(14)13(16)17/h3-4,7,12H,5-6H2,1-2H3,(H,16,17). The first-order valence-electron chi connectivity index (χ1n) is 5.71. The van der Waals surface area contributed by atoms with Gasteiger partial charge in [0.05, 0.1) is 7.11 Å². The van der Waals surface area contributed by atoms with Gasteiger partial charge in [0.2, 0.25) is 5.91 Å². The number of benzene rings is 1. The van der Waals surface area contributed by atoms with Crippen LogP contribution in [0.25, 0.3) is 0 Å². The van der Waals surface area contributed by atoms with Gasteiger partial charge in [0.15, 0.2) is 6.04 Å². The predicted molar refractivity (Wildman–Crippen MR) is 64.5 cm³/mol. The van der Waals surface area contributed by atoms with Crippen LogP contribution in [-0.2, 0) is 16.0 Å². The van der Waals surface area contributed by atoms with Gasteiger partial charge in [-0.1, -0.05) is 6.07 Å². The molecule has 1 aromatic rings. The van der Waals surface area contributed by atoms with E-state index in [1.54, 1.807) is 19.2 Å². The van der Waals surface area contributed by atoms with Crippen LogP contribution in [-0.4, -0.2) is 35.5 Å². The molecule has 1 N–H and O–H groups in total. The van der Waals surface area contributed by atoms with Gasteiger partial charge in [-0.05, 0) is 29.7 Å². The van der Waals surface area contributed by atoms with Crippen LogP contribution < -0.4 is 4.74 Å². The summed E-state index contributed by atoms with van der Waals surface area (Å²) in [6.45, 7) is 1.82. The summed E-state index contributed by atoms with van der Waals surface area (Å²) in [5.74, 6) is -0.519. The number of methoxy groups -OCH3 is 1. The van der Waals surface area contributed by atoms with Gasteiger partial charge in [0.1, 0.15) is 5.75 Å². The average Bonchev–Trinajstić information content (AvgIpc) is 2.36. The normalized spacial score (nSPS) is 18.1. The van der Waals surface area contributed by atoms with E-state index in [0.717, 1.165) is 5.56 Å². The molecule has 1 heterocycles. The molecule has 0 aliphatic carbocycles. The van der Waals surface area contributed by atoms with E-state index in [9.17, 15) is 14.7 Å². The molecule has 5 nitrogen and oxygen atoms in total. The lowest BCUT2D eigenvalue weighted by atomic mass is 9.92. The van der Waals surface area contributed by atoms with E-state index in [1.807, 2.05) is 6.07 Å². The maximum atomic E-state index is 11.5. The Morgan fingerprint density at radius 3 is 2.72 bits per heavy atom. The first-order valence-corrected chi connectivity index (χ1v) is 5.71. The lowest BCUT2D eigenvalue weighted by molar-refractivity contribution is -0.150. The summed E-state index contributed by atoms with van der Waals surface area (Å²) in [6, 6.07) is 4.39. The largest absolute Gasteiger partial charge is 0.497 e. The third-order valence-electron chi connectivity index (χ3n) is 3.22. The van der Waals surface area contributed by atoms with Gasteiger partial charge in [0.25, 0.3) is 0 Å². The van der Waals surface area contributed by atoms with Crippen molar-refractivity contribution in [2.75, 3.05) is 13.7 Å². The number of fused-ring (bicyclic) bond motifs is 1. The number of aliphatic carboxylic acids is 1. The Labute approximate surface area is 105 Å². The van der Waals surface area contributed by atoms with Gasteiger partial charge in [-0.3, -0.25) is 4.79 Å². The second-order valence-corrected chi connectivity index (χ2v) is 4.27. The molecule has 1 aromatic carbocycles. The maximum Gasteiger partial charge on any atom is 0.331 e. The summed E-state index contributed by atoms with van der Waals surface area (Å²) < 4.78 is 5.12. The monoisotopic (exact) mass is 249 g/mol. The predicted octanol–water partition coefficient (Wildman–Crippen LogP) is 1.23. The van der Waals surface area contributed by atoms with Crippen LogP contribution in [0.4, 0.5) is 0 Å². The fourth-order valence-corrected chi connectivity index (χ4v) is 2.34. The number of hydrogen-bond donors (Lipinski definition) is 1. The van der Waals surface area contributed by atoms with Crippen molar-refractivity contribution in [3.05, 3.63) is 29.3 Å². The lowest BCUT2D eigenvalue weighted by Crippen LogP contribution is -2.42. The summed E-state index contributed by atoms with van der Waals surface area (Å²) in [5, 5.41) is 9.31. The van der Waals surface area contributed by atoms with E-state index in [1.165, 1.54) is 11.8 Å². The number of ether oxygens (including phenoxy) is 1. The number of rotatable bonds is 2. The average molecular weight is 249 g/mol. The van der Waals surface area contributed by atoms with Crippen molar-refractivity contribution in [3.63, 3.8) is 0 Å². The highest BCUT2D eigenvalue weighted by molar-refractivity contribution is 5.84. The molecule has 18 heavy (non-hydrogen) atoms. The summed E-state index contributed by atoms with van der Waals surface area (Å²) in [7, 11) is 1.57. The van der Waals surface area contributed by atoms with Crippen molar-refractivity contribution in [2.45, 2.75) is 19.4 Å². The van der Waals surface area contributed by atoms with E-state index >= 15 is 0 Å². The second kappa shape index (κ2) is 4.68. The van der Waals surface area contributed by atoms with E-state index < -0.39 is 12.0 Å². The highest BCUT2D eigenvalue weighted by Gasteiger charge is 2.34. The van der Waals surface area contributed by atoms with Crippen molar-refractivity contribution < 1.29 is 19.4 Å². The molecule has 1 aliphatic rings. The van der Waals surface area contributed by atoms with Crippen LogP contribution in [0.2, 0.25) is 0 Å². The fourth-order valence-electron chi connectivity index (χ4n) is 2.34. The van der Waals surface area contributed by atoms with Crippen molar-refractivity contribution in [2.24, 2.45) is 0 Å². The molecule has 1 aliphatic heterocycles. The molecule has 0 saturated carbocycles. The molecule has 1 amide bonds. The molecule has 0 aromatic heterocycles. The number of hydrogen-bond acceptors (Lipinski definition) is 3. The fraction of sp³-hybridized carbons (Fsp3) is 0.385. The third-order valence-corrected chi connectivity index (χ3v) is 3.22. The van der Waals surface area contributed by atoms with Crippen LogP contribution >= 0.6 is 0 Å². The number of carboxylic acid groups (broad SMARTS) is 1. The molecule has 0 radical (unpaired) electrons. The van der Waals surface area contributed by atoms with Crippen LogP contribution in [0.15, 0.2) is 18.2 Å². The molecule has 96 valence electrons. The zero-order valence-corrected chi connectivity index (χ0v) is 10.3. The SMILES string of the molecule is COc1ccc2c(c1)CCN(C(C)=O)C2C(=O)O. The van der Waals surface area contributed by atoms with Crippen molar-refractivity contribution >= 4 is 11.9 Å². The summed E-state index contributed by atoms with van der Waals surface area (Å²) >= 11 is 0. The Morgan fingerprint density at radius 2 is 2.17 bits per heavy atom. The minimum absolute atomic E-state index is 0.219. The van der Waals surface area contributed by atoms with Gasteiger partial charge in [-0.2, -0.15) is 0 Å².